The van der Waals surface area contributed by atoms with Crippen molar-refractivity contribution in [1.29, 1.82) is 0 Å². The summed E-state index contributed by atoms with van der Waals surface area (Å²) in [7, 11) is -1.11. The number of benzene rings is 1. The van der Waals surface area contributed by atoms with Gasteiger partial charge in [-0.25, -0.2) is 4.39 Å². The van der Waals surface area contributed by atoms with Crippen LogP contribution in [0.25, 0.3) is 0 Å². The van der Waals surface area contributed by atoms with Crippen molar-refractivity contribution in [3.05, 3.63) is 35.1 Å². The number of hydrogen-bond donors (Lipinski definition) is 1. The Morgan fingerprint density at radius 3 is 2.29 bits per heavy atom. The summed E-state index contributed by atoms with van der Waals surface area (Å²) in [6.07, 6.45) is -3.41. The van der Waals surface area contributed by atoms with E-state index in [1.807, 2.05) is 0 Å². The van der Waals surface area contributed by atoms with Crippen LogP contribution < -0.4 is 0 Å². The van der Waals surface area contributed by atoms with Crippen LogP contribution in [0.4, 0.5) is 17.6 Å². The highest BCUT2D eigenvalue weighted by atomic mass is 32.2. The number of alkyl halides is 3. The predicted molar refractivity (Wildman–Crippen MR) is 69.5 cm³/mol. The van der Waals surface area contributed by atoms with Crippen LogP contribution in [0, 0.1) is 5.82 Å². The molecule has 0 aromatic heterocycles. The molecule has 116 valence electrons. The highest BCUT2D eigenvalue weighted by Crippen LogP contribution is 2.48. The minimum absolute atomic E-state index is 0.0113. The summed E-state index contributed by atoms with van der Waals surface area (Å²) in [6.45, 7) is 0. The highest BCUT2D eigenvalue weighted by molar-refractivity contribution is 7.86. The first-order valence-corrected chi connectivity index (χ1v) is 7.97. The Balaban J connectivity index is 2.08. The molecule has 21 heavy (non-hydrogen) atoms. The Morgan fingerprint density at radius 2 is 1.76 bits per heavy atom. The molecule has 0 aliphatic carbocycles. The summed E-state index contributed by atoms with van der Waals surface area (Å²) in [5.74, 6) is -0.814. The Labute approximate surface area is 121 Å². The summed E-state index contributed by atoms with van der Waals surface area (Å²) < 4.78 is 64.7. The third-order valence-corrected chi connectivity index (χ3v) is 6.51. The van der Waals surface area contributed by atoms with Gasteiger partial charge in [-0.05, 0) is 49.4 Å². The van der Waals surface area contributed by atoms with E-state index in [2.05, 4.69) is 0 Å². The van der Waals surface area contributed by atoms with E-state index in [-0.39, 0.29) is 23.3 Å². The standard InChI is InChI=1S/C14H14F4O2S/c15-8-1-4-11(14(16,17)18)12(5-8)13(19)6-9-2-3-10(7-13)21(9)20/h1,4-5,9-10,19H,2-3,6-7H2. The van der Waals surface area contributed by atoms with E-state index in [0.717, 1.165) is 12.1 Å². The first-order valence-electron chi connectivity index (χ1n) is 6.70. The fourth-order valence-electron chi connectivity index (χ4n) is 3.45. The molecule has 2 aliphatic rings. The van der Waals surface area contributed by atoms with Crippen LogP contribution in [-0.2, 0) is 22.6 Å². The zero-order valence-electron chi connectivity index (χ0n) is 11.0. The van der Waals surface area contributed by atoms with Crippen LogP contribution in [0.15, 0.2) is 18.2 Å². The van der Waals surface area contributed by atoms with Crippen molar-refractivity contribution < 1.29 is 26.9 Å². The maximum Gasteiger partial charge on any atom is 0.416 e. The molecule has 7 heteroatoms. The molecule has 2 nitrogen and oxygen atoms in total. The van der Waals surface area contributed by atoms with E-state index in [0.29, 0.717) is 18.9 Å². The van der Waals surface area contributed by atoms with Gasteiger partial charge in [-0.1, -0.05) is 0 Å². The van der Waals surface area contributed by atoms with E-state index in [9.17, 15) is 26.9 Å². The maximum atomic E-state index is 13.4. The number of hydrogen-bond acceptors (Lipinski definition) is 2. The molecule has 1 aromatic carbocycles. The second kappa shape index (κ2) is 4.78. The molecule has 2 fully saturated rings. The van der Waals surface area contributed by atoms with Gasteiger partial charge in [-0.15, -0.1) is 0 Å². The minimum atomic E-state index is -4.66. The molecule has 0 saturated carbocycles. The van der Waals surface area contributed by atoms with Crippen LogP contribution in [-0.4, -0.2) is 19.8 Å². The molecule has 3 rings (SSSR count). The Hall–Kier alpha value is -0.950. The lowest BCUT2D eigenvalue weighted by Gasteiger charge is -2.37. The van der Waals surface area contributed by atoms with Gasteiger partial charge in [0.1, 0.15) is 5.82 Å². The molecule has 2 aliphatic heterocycles. The monoisotopic (exact) mass is 322 g/mol. The van der Waals surface area contributed by atoms with Crippen LogP contribution >= 0.6 is 0 Å². The summed E-state index contributed by atoms with van der Waals surface area (Å²) in [5.41, 5.74) is -3.20. The lowest BCUT2D eigenvalue weighted by molar-refractivity contribution is -0.141. The number of fused-ring (bicyclic) bond motifs is 2. The van der Waals surface area contributed by atoms with Crippen LogP contribution in [0.3, 0.4) is 0 Å². The molecule has 2 saturated heterocycles. The van der Waals surface area contributed by atoms with Gasteiger partial charge < -0.3 is 5.11 Å². The molecular weight excluding hydrogens is 308 g/mol. The molecule has 2 bridgehead atoms. The second-order valence-electron chi connectivity index (χ2n) is 5.78. The van der Waals surface area contributed by atoms with Gasteiger partial charge in [0.05, 0.1) is 11.2 Å². The summed E-state index contributed by atoms with van der Waals surface area (Å²) in [5, 5.41) is 10.1. The van der Waals surface area contributed by atoms with Crippen molar-refractivity contribution in [2.75, 3.05) is 0 Å². The smallest absolute Gasteiger partial charge is 0.385 e. The fraction of sp³-hybridized carbons (Fsp3) is 0.571. The van der Waals surface area contributed by atoms with E-state index in [4.69, 9.17) is 0 Å². The Kier molecular flexibility index (Phi) is 3.40. The Morgan fingerprint density at radius 1 is 1.19 bits per heavy atom. The van der Waals surface area contributed by atoms with Crippen molar-refractivity contribution in [2.45, 2.75) is 48.0 Å². The first-order chi connectivity index (χ1) is 9.71. The lowest BCUT2D eigenvalue weighted by Crippen LogP contribution is -2.41. The van der Waals surface area contributed by atoms with Gasteiger partial charge in [-0.3, -0.25) is 4.21 Å². The van der Waals surface area contributed by atoms with E-state index >= 15 is 0 Å². The SMILES string of the molecule is O=S1C2CCC1CC(O)(c1cc(F)ccc1C(F)(F)F)C2. The van der Waals surface area contributed by atoms with Crippen molar-refractivity contribution in [1.82, 2.24) is 0 Å². The topological polar surface area (TPSA) is 37.3 Å². The number of rotatable bonds is 1. The Bertz CT molecular complexity index is 583. The molecule has 2 heterocycles. The quantitative estimate of drug-likeness (QED) is 0.807. The lowest BCUT2D eigenvalue weighted by atomic mass is 9.83. The molecule has 1 aromatic rings. The molecule has 2 atom stereocenters. The predicted octanol–water partition coefficient (Wildman–Crippen LogP) is 3.11. The van der Waals surface area contributed by atoms with Crippen molar-refractivity contribution in [2.24, 2.45) is 0 Å². The highest BCUT2D eigenvalue weighted by Gasteiger charge is 2.51. The van der Waals surface area contributed by atoms with E-state index in [1.165, 1.54) is 0 Å². The molecule has 2 unspecified atom stereocenters. The number of halogens is 4. The first kappa shape index (κ1) is 15.0. The van der Waals surface area contributed by atoms with Crippen LogP contribution in [0.2, 0.25) is 0 Å². The summed E-state index contributed by atoms with van der Waals surface area (Å²) in [4.78, 5) is 0. The summed E-state index contributed by atoms with van der Waals surface area (Å²) in [6, 6.07) is 2.16. The normalized spacial score (nSPS) is 36.0. The zero-order valence-corrected chi connectivity index (χ0v) is 11.8. The van der Waals surface area contributed by atoms with Gasteiger partial charge in [0.15, 0.2) is 0 Å². The van der Waals surface area contributed by atoms with Crippen LogP contribution in [0.1, 0.15) is 36.8 Å². The van der Waals surface area contributed by atoms with E-state index in [1.54, 1.807) is 0 Å². The molecule has 0 radical (unpaired) electrons. The van der Waals surface area contributed by atoms with Crippen molar-refractivity contribution in [3.8, 4) is 0 Å². The fourth-order valence-corrected chi connectivity index (χ4v) is 5.61. The molecule has 1 N–H and O–H groups in total. The molecule has 0 amide bonds. The maximum absolute atomic E-state index is 13.4. The third kappa shape index (κ3) is 2.50. The van der Waals surface area contributed by atoms with Gasteiger partial charge in [0, 0.05) is 21.3 Å². The average Bonchev–Trinajstić information content (AvgIpc) is 2.61. The van der Waals surface area contributed by atoms with Crippen molar-refractivity contribution >= 4 is 10.8 Å². The molecule has 0 spiro atoms. The largest absolute Gasteiger partial charge is 0.416 e. The molecular formula is C14H14F4O2S. The number of aliphatic hydroxyl groups is 1. The van der Waals surface area contributed by atoms with Crippen molar-refractivity contribution in [3.63, 3.8) is 0 Å². The van der Waals surface area contributed by atoms with Gasteiger partial charge in [0.25, 0.3) is 0 Å². The summed E-state index contributed by atoms with van der Waals surface area (Å²) >= 11 is 0. The van der Waals surface area contributed by atoms with E-state index < -0.39 is 39.5 Å². The van der Waals surface area contributed by atoms with Crippen LogP contribution in [0.5, 0.6) is 0 Å². The van der Waals surface area contributed by atoms with Gasteiger partial charge >= 0.3 is 6.18 Å². The average molecular weight is 322 g/mol. The third-order valence-electron chi connectivity index (χ3n) is 4.39. The van der Waals surface area contributed by atoms with Gasteiger partial charge in [0.2, 0.25) is 0 Å². The minimum Gasteiger partial charge on any atom is -0.385 e. The zero-order chi connectivity index (χ0) is 15.4. The second-order valence-corrected chi connectivity index (χ2v) is 7.77. The van der Waals surface area contributed by atoms with Gasteiger partial charge in [-0.2, -0.15) is 13.2 Å².